The fourth-order valence-electron chi connectivity index (χ4n) is 13.8. The molecule has 0 aliphatic carbocycles. The number of likely N-dealkylation sites (N-methyl/N-ethyl adjacent to an activating group) is 1. The molecule has 0 bridgehead atoms. The highest BCUT2D eigenvalue weighted by molar-refractivity contribution is 7.47. The second kappa shape index (κ2) is 79.6. The number of hydrogen-bond donors (Lipinski definition) is 1. The minimum atomic E-state index is -4.39. The maximum Gasteiger partial charge on any atom is 0.472 e. The topological polar surface area (TPSA) is 108 Å². The predicted octanol–water partition coefficient (Wildman–Crippen LogP) is 29.5. The molecule has 582 valence electrons. The SMILES string of the molecule is CCCCCCC/C=C\C/C=C\CCCCCCCCCCCCCCCCCCCCCCCCCCCCCCCC(=O)OC(COC(=O)CCCCCCCCCCCCCCCCCCCCCCCCCCCCCCCCCCC)COP(=O)(O)OCC[N+](C)(C)C. The average Bonchev–Trinajstić information content (AvgIpc) is 1.08. The van der Waals surface area contributed by atoms with Crippen molar-refractivity contribution >= 4 is 19.8 Å². The van der Waals surface area contributed by atoms with Crippen molar-refractivity contribution in [2.45, 2.75) is 482 Å². The molecule has 0 fully saturated rings. The first kappa shape index (κ1) is 96.5. The summed E-state index contributed by atoms with van der Waals surface area (Å²) in [6, 6.07) is 0. The minimum Gasteiger partial charge on any atom is -0.462 e. The Morgan fingerprint density at radius 3 is 0.806 bits per heavy atom. The summed E-state index contributed by atoms with van der Waals surface area (Å²) < 4.78 is 34.9. The molecule has 0 rings (SSSR count). The Morgan fingerprint density at radius 2 is 0.551 bits per heavy atom. The van der Waals surface area contributed by atoms with Gasteiger partial charge in [-0.15, -0.1) is 0 Å². The molecule has 0 aromatic heterocycles. The number of quaternary nitrogens is 1. The molecular weight excluding hydrogens is 1230 g/mol. The van der Waals surface area contributed by atoms with Gasteiger partial charge in [0.2, 0.25) is 0 Å². The highest BCUT2D eigenvalue weighted by Crippen LogP contribution is 2.43. The molecule has 2 unspecified atom stereocenters. The third-order valence-electron chi connectivity index (χ3n) is 20.5. The molecule has 0 radical (unpaired) electrons. The molecule has 0 aromatic rings. The van der Waals surface area contributed by atoms with Gasteiger partial charge >= 0.3 is 19.8 Å². The Bertz CT molecular complexity index is 1700. The molecule has 0 aliphatic heterocycles. The van der Waals surface area contributed by atoms with Crippen LogP contribution in [-0.2, 0) is 32.7 Å². The predicted molar refractivity (Wildman–Crippen MR) is 428 cm³/mol. The van der Waals surface area contributed by atoms with Crippen LogP contribution in [0.3, 0.4) is 0 Å². The van der Waals surface area contributed by atoms with Crippen LogP contribution in [0.5, 0.6) is 0 Å². The molecule has 0 saturated heterocycles. The van der Waals surface area contributed by atoms with Crippen LogP contribution < -0.4 is 0 Å². The third kappa shape index (κ3) is 83.4. The lowest BCUT2D eigenvalue weighted by molar-refractivity contribution is -0.870. The number of esters is 2. The minimum absolute atomic E-state index is 0.0368. The van der Waals surface area contributed by atoms with E-state index in [9.17, 15) is 19.0 Å². The summed E-state index contributed by atoms with van der Waals surface area (Å²) in [5, 5.41) is 0. The van der Waals surface area contributed by atoms with Crippen molar-refractivity contribution in [2.75, 3.05) is 47.5 Å². The van der Waals surface area contributed by atoms with Crippen LogP contribution in [0.15, 0.2) is 24.3 Å². The monoisotopic (exact) mass is 1400 g/mol. The Kier molecular flexibility index (Phi) is 78.4. The molecule has 0 amide bonds. The fraction of sp³-hybridized carbons (Fsp3) is 0.932. The zero-order valence-electron chi connectivity index (χ0n) is 66.8. The van der Waals surface area contributed by atoms with E-state index in [4.69, 9.17) is 18.5 Å². The van der Waals surface area contributed by atoms with Crippen molar-refractivity contribution in [1.29, 1.82) is 0 Å². The van der Waals surface area contributed by atoms with Gasteiger partial charge in [0.25, 0.3) is 0 Å². The summed E-state index contributed by atoms with van der Waals surface area (Å²) in [5.74, 6) is -0.765. The van der Waals surface area contributed by atoms with Gasteiger partial charge in [0.05, 0.1) is 27.7 Å². The van der Waals surface area contributed by atoms with Crippen molar-refractivity contribution < 1.29 is 42.1 Å². The Morgan fingerprint density at radius 1 is 0.316 bits per heavy atom. The third-order valence-corrected chi connectivity index (χ3v) is 21.5. The van der Waals surface area contributed by atoms with Gasteiger partial charge in [-0.25, -0.2) is 4.57 Å². The summed E-state index contributed by atoms with van der Waals surface area (Å²) in [6.07, 6.45) is 104. The summed E-state index contributed by atoms with van der Waals surface area (Å²) >= 11 is 0. The van der Waals surface area contributed by atoms with Crippen molar-refractivity contribution in [2.24, 2.45) is 0 Å². The molecule has 98 heavy (non-hydrogen) atoms. The number of rotatable bonds is 84. The molecule has 0 aliphatic rings. The summed E-state index contributed by atoms with van der Waals surface area (Å²) in [4.78, 5) is 36.0. The van der Waals surface area contributed by atoms with Crippen molar-refractivity contribution in [3.8, 4) is 0 Å². The van der Waals surface area contributed by atoms with E-state index in [1.165, 1.54) is 405 Å². The summed E-state index contributed by atoms with van der Waals surface area (Å²) in [6.45, 7) is 4.53. The highest BCUT2D eigenvalue weighted by Gasteiger charge is 2.27. The number of phosphoric ester groups is 1. The van der Waals surface area contributed by atoms with E-state index < -0.39 is 26.5 Å². The van der Waals surface area contributed by atoms with Gasteiger partial charge in [-0.2, -0.15) is 0 Å². The second-order valence-electron chi connectivity index (χ2n) is 31.6. The first-order valence-corrected chi connectivity index (χ1v) is 45.6. The number of nitrogens with zero attached hydrogens (tertiary/aromatic N) is 1. The first-order valence-electron chi connectivity index (χ1n) is 44.1. The first-order chi connectivity index (χ1) is 48.0. The van der Waals surface area contributed by atoms with Crippen LogP contribution in [0.25, 0.3) is 0 Å². The molecular formula is C88H173NO8P+. The number of carbonyl (C=O) groups excluding carboxylic acids is 2. The number of ether oxygens (including phenoxy) is 2. The zero-order valence-corrected chi connectivity index (χ0v) is 67.7. The van der Waals surface area contributed by atoms with Crippen molar-refractivity contribution in [3.63, 3.8) is 0 Å². The molecule has 9 nitrogen and oxygen atoms in total. The van der Waals surface area contributed by atoms with Crippen molar-refractivity contribution in [3.05, 3.63) is 24.3 Å². The molecule has 1 N–H and O–H groups in total. The summed E-state index contributed by atoms with van der Waals surface area (Å²) in [7, 11) is 1.51. The van der Waals surface area contributed by atoms with E-state index in [2.05, 4.69) is 38.2 Å². The number of hydrogen-bond acceptors (Lipinski definition) is 7. The number of allylic oxidation sites excluding steroid dienone is 4. The number of phosphoric acid groups is 1. The van der Waals surface area contributed by atoms with Crippen LogP contribution in [0.1, 0.15) is 476 Å². The maximum absolute atomic E-state index is 12.9. The number of carbonyl (C=O) groups is 2. The highest BCUT2D eigenvalue weighted by atomic mass is 31.2. The quantitative estimate of drug-likeness (QED) is 0.0211. The fourth-order valence-corrected chi connectivity index (χ4v) is 14.5. The summed E-state index contributed by atoms with van der Waals surface area (Å²) in [5.41, 5.74) is 0. The van der Waals surface area contributed by atoms with Gasteiger partial charge in [-0.3, -0.25) is 18.6 Å². The molecule has 2 atom stereocenters. The van der Waals surface area contributed by atoms with Gasteiger partial charge < -0.3 is 18.9 Å². The van der Waals surface area contributed by atoms with E-state index in [1.54, 1.807) is 0 Å². The van der Waals surface area contributed by atoms with E-state index in [1.807, 2.05) is 21.1 Å². The normalized spacial score (nSPS) is 13.0. The van der Waals surface area contributed by atoms with Crippen LogP contribution in [0, 0.1) is 0 Å². The van der Waals surface area contributed by atoms with Gasteiger partial charge in [0, 0.05) is 12.8 Å². The van der Waals surface area contributed by atoms with E-state index in [0.29, 0.717) is 17.4 Å². The van der Waals surface area contributed by atoms with Gasteiger partial charge in [0.15, 0.2) is 6.10 Å². The maximum atomic E-state index is 12.9. The molecule has 0 aromatic carbocycles. The largest absolute Gasteiger partial charge is 0.472 e. The van der Waals surface area contributed by atoms with E-state index in [-0.39, 0.29) is 25.6 Å². The zero-order chi connectivity index (χ0) is 71.1. The number of unbranched alkanes of at least 4 members (excludes halogenated alkanes) is 66. The van der Waals surface area contributed by atoms with E-state index >= 15 is 0 Å². The molecule has 0 heterocycles. The van der Waals surface area contributed by atoms with Crippen LogP contribution in [0.2, 0.25) is 0 Å². The van der Waals surface area contributed by atoms with Gasteiger partial charge in [-0.05, 0) is 44.9 Å². The smallest absolute Gasteiger partial charge is 0.462 e. The van der Waals surface area contributed by atoms with E-state index in [0.717, 1.165) is 44.9 Å². The lowest BCUT2D eigenvalue weighted by Crippen LogP contribution is -2.37. The second-order valence-corrected chi connectivity index (χ2v) is 33.1. The Hall–Kier alpha value is -1.51. The molecule has 0 spiro atoms. The van der Waals surface area contributed by atoms with Crippen LogP contribution >= 0.6 is 7.82 Å². The molecule has 0 saturated carbocycles. The average molecular weight is 1400 g/mol. The standard InChI is InChI=1S/C88H172NO8P/c1-6-8-10-12-14-16-18-20-22-24-26-28-30-32-34-36-38-40-41-42-43-44-45-46-47-49-51-53-55-57-59-61-63-65-67-69-71-73-75-77-79-81-88(91)97-86(85-96-98(92,93)95-83-82-89(3,4)5)84-94-87(90)80-78-76-74-72-70-68-66-64-62-60-58-56-54-52-50-48-39-37-35-33-31-29-27-25-23-21-19-17-15-13-11-9-7-2/h18,20,24,26,86H,6-17,19,21-23,25,27-85H2,1-5H3/p+1/b20-18-,26-24-. The van der Waals surface area contributed by atoms with Crippen molar-refractivity contribution in [1.82, 2.24) is 0 Å². The van der Waals surface area contributed by atoms with Crippen LogP contribution in [-0.4, -0.2) is 74.9 Å². The molecule has 10 heteroatoms. The van der Waals surface area contributed by atoms with Gasteiger partial charge in [0.1, 0.15) is 19.8 Å². The van der Waals surface area contributed by atoms with Crippen LogP contribution in [0.4, 0.5) is 0 Å². The Labute approximate surface area is 612 Å². The van der Waals surface area contributed by atoms with Gasteiger partial charge in [-0.1, -0.05) is 443 Å². The lowest BCUT2D eigenvalue weighted by Gasteiger charge is -2.24. The lowest BCUT2D eigenvalue weighted by atomic mass is 10.0. The Balaban J connectivity index is 3.83.